The van der Waals surface area contributed by atoms with Crippen LogP contribution in [0.4, 0.5) is 0 Å². The zero-order valence-electron chi connectivity index (χ0n) is 10.8. The molecule has 0 spiro atoms. The fraction of sp³-hybridized carbons (Fsp3) is 0.455. The van der Waals surface area contributed by atoms with Crippen molar-refractivity contribution in [2.24, 2.45) is 5.10 Å². The van der Waals surface area contributed by atoms with Gasteiger partial charge in [0.15, 0.2) is 0 Å². The Hall–Kier alpha value is -0.810. The van der Waals surface area contributed by atoms with Crippen LogP contribution in [0.15, 0.2) is 29.6 Å². The van der Waals surface area contributed by atoms with Crippen LogP contribution in [0.5, 0.6) is 0 Å². The average molecular weight is 287 g/mol. The van der Waals surface area contributed by atoms with Crippen molar-refractivity contribution in [1.82, 2.24) is 10.2 Å². The molecule has 5 nitrogen and oxygen atoms in total. The second-order valence-electron chi connectivity index (χ2n) is 3.37. The highest BCUT2D eigenvalue weighted by Crippen LogP contribution is 2.43. The lowest BCUT2D eigenvalue weighted by Crippen LogP contribution is -2.11. The minimum absolute atomic E-state index is 0.494. The summed E-state index contributed by atoms with van der Waals surface area (Å²) in [5.74, 6) is 0. The summed E-state index contributed by atoms with van der Waals surface area (Å²) in [6, 6.07) is 3.76. The van der Waals surface area contributed by atoms with E-state index in [2.05, 4.69) is 15.3 Å². The fourth-order valence-corrected chi connectivity index (χ4v) is 3.13. The molecule has 0 unspecified atom stereocenters. The van der Waals surface area contributed by atoms with Gasteiger partial charge in [0.2, 0.25) is 0 Å². The standard InChI is InChI=1S/C11H18N3O2PS/c1-4-15-17(18,16-5-2)14-13-10(3)11-6-8-12-9-7-11/h6-9H,4-5H2,1-3H3,(H,14,18). The van der Waals surface area contributed by atoms with Crippen LogP contribution in [0.1, 0.15) is 26.3 Å². The number of rotatable bonds is 7. The van der Waals surface area contributed by atoms with Crippen molar-refractivity contribution in [3.05, 3.63) is 30.1 Å². The van der Waals surface area contributed by atoms with Gasteiger partial charge in [0.05, 0.1) is 18.9 Å². The molecule has 18 heavy (non-hydrogen) atoms. The van der Waals surface area contributed by atoms with Crippen LogP contribution in [0.2, 0.25) is 0 Å². The van der Waals surface area contributed by atoms with E-state index in [1.54, 1.807) is 12.4 Å². The highest BCUT2D eigenvalue weighted by atomic mass is 32.5. The minimum Gasteiger partial charge on any atom is -0.313 e. The molecule has 1 aromatic heterocycles. The Labute approximate surface area is 113 Å². The van der Waals surface area contributed by atoms with Crippen molar-refractivity contribution in [2.75, 3.05) is 13.2 Å². The maximum Gasteiger partial charge on any atom is 0.303 e. The maximum absolute atomic E-state index is 5.43. The highest BCUT2D eigenvalue weighted by molar-refractivity contribution is 8.08. The van der Waals surface area contributed by atoms with Gasteiger partial charge >= 0.3 is 6.64 Å². The minimum atomic E-state index is -2.51. The molecule has 1 N–H and O–H groups in total. The van der Waals surface area contributed by atoms with Gasteiger partial charge in [0.1, 0.15) is 0 Å². The van der Waals surface area contributed by atoms with Crippen molar-refractivity contribution >= 4 is 24.2 Å². The number of nitrogens with one attached hydrogen (secondary N) is 1. The van der Waals surface area contributed by atoms with Crippen molar-refractivity contribution in [3.63, 3.8) is 0 Å². The fourth-order valence-electron chi connectivity index (χ4n) is 1.23. The molecule has 1 heterocycles. The summed E-state index contributed by atoms with van der Waals surface area (Å²) in [5, 5.41) is 7.08. The molecular weight excluding hydrogens is 269 g/mol. The predicted octanol–water partition coefficient (Wildman–Crippen LogP) is 2.69. The predicted molar refractivity (Wildman–Crippen MR) is 77.1 cm³/mol. The molecule has 0 aliphatic rings. The lowest BCUT2D eigenvalue weighted by atomic mass is 10.2. The first-order valence-electron chi connectivity index (χ1n) is 5.72. The van der Waals surface area contributed by atoms with E-state index >= 15 is 0 Å². The zero-order chi connectivity index (χ0) is 13.4. The van der Waals surface area contributed by atoms with Gasteiger partial charge in [-0.3, -0.25) is 4.98 Å². The van der Waals surface area contributed by atoms with Crippen LogP contribution < -0.4 is 5.20 Å². The van der Waals surface area contributed by atoms with Gasteiger partial charge in [-0.2, -0.15) is 5.10 Å². The third kappa shape index (κ3) is 4.82. The lowest BCUT2D eigenvalue weighted by molar-refractivity contribution is 0.259. The third-order valence-electron chi connectivity index (χ3n) is 2.04. The monoisotopic (exact) mass is 287 g/mol. The quantitative estimate of drug-likeness (QED) is 0.475. The number of pyridine rings is 1. The van der Waals surface area contributed by atoms with Gasteiger partial charge in [0.25, 0.3) is 0 Å². The summed E-state index contributed by atoms with van der Waals surface area (Å²) in [6.45, 7) is 4.12. The second kappa shape index (κ2) is 7.59. The Morgan fingerprint density at radius 3 is 2.39 bits per heavy atom. The molecule has 0 aliphatic heterocycles. The molecule has 0 atom stereocenters. The van der Waals surface area contributed by atoms with E-state index in [1.807, 2.05) is 32.9 Å². The first-order valence-corrected chi connectivity index (χ1v) is 8.36. The lowest BCUT2D eigenvalue weighted by Gasteiger charge is -2.19. The number of hydrogen-bond donors (Lipinski definition) is 1. The van der Waals surface area contributed by atoms with Crippen LogP contribution in [-0.2, 0) is 20.9 Å². The number of aromatic nitrogens is 1. The first-order chi connectivity index (χ1) is 8.61. The van der Waals surface area contributed by atoms with E-state index < -0.39 is 6.64 Å². The van der Waals surface area contributed by atoms with Gasteiger partial charge < -0.3 is 9.05 Å². The van der Waals surface area contributed by atoms with Crippen LogP contribution in [-0.4, -0.2) is 23.9 Å². The largest absolute Gasteiger partial charge is 0.313 e. The zero-order valence-corrected chi connectivity index (χ0v) is 12.5. The smallest absolute Gasteiger partial charge is 0.303 e. The molecule has 7 heteroatoms. The van der Waals surface area contributed by atoms with Gasteiger partial charge in [-0.15, -0.1) is 0 Å². The van der Waals surface area contributed by atoms with Crippen molar-refractivity contribution < 1.29 is 9.05 Å². The Morgan fingerprint density at radius 2 is 1.89 bits per heavy atom. The molecule has 1 aromatic rings. The maximum atomic E-state index is 5.43. The molecule has 0 saturated heterocycles. The molecule has 0 bridgehead atoms. The Bertz CT molecular complexity index is 429. The topological polar surface area (TPSA) is 55.7 Å². The van der Waals surface area contributed by atoms with Crippen molar-refractivity contribution in [2.45, 2.75) is 20.8 Å². The number of hydrogen-bond acceptors (Lipinski definition) is 5. The molecular formula is C11H18N3O2PS. The molecule has 0 amide bonds. The van der Waals surface area contributed by atoms with E-state index in [9.17, 15) is 0 Å². The normalized spacial score (nSPS) is 12.5. The van der Waals surface area contributed by atoms with Crippen molar-refractivity contribution in [3.8, 4) is 0 Å². The third-order valence-corrected chi connectivity index (χ3v) is 4.45. The molecule has 100 valence electrons. The van der Waals surface area contributed by atoms with E-state index in [-0.39, 0.29) is 0 Å². The summed E-state index contributed by atoms with van der Waals surface area (Å²) in [6.07, 6.45) is 3.44. The van der Waals surface area contributed by atoms with Gasteiger partial charge in [-0.25, -0.2) is 5.20 Å². The Balaban J connectivity index is 2.74. The molecule has 0 saturated carbocycles. The van der Waals surface area contributed by atoms with E-state index in [0.29, 0.717) is 13.2 Å². The summed E-state index contributed by atoms with van der Waals surface area (Å²) in [7, 11) is 0. The summed E-state index contributed by atoms with van der Waals surface area (Å²) in [5.41, 5.74) is 1.79. The van der Waals surface area contributed by atoms with E-state index in [1.165, 1.54) is 0 Å². The molecule has 1 rings (SSSR count). The number of hydrazone groups is 1. The van der Waals surface area contributed by atoms with E-state index in [0.717, 1.165) is 11.3 Å². The molecule has 0 aliphatic carbocycles. The molecule has 0 fully saturated rings. The van der Waals surface area contributed by atoms with Crippen LogP contribution >= 0.6 is 6.64 Å². The van der Waals surface area contributed by atoms with Gasteiger partial charge in [0, 0.05) is 18.0 Å². The SMILES string of the molecule is CCOP(=S)(NN=C(C)c1ccncc1)OCC. The van der Waals surface area contributed by atoms with Crippen LogP contribution in [0, 0.1) is 0 Å². The van der Waals surface area contributed by atoms with Gasteiger partial charge in [-0.1, -0.05) is 0 Å². The summed E-state index contributed by atoms with van der Waals surface area (Å²) in [4.78, 5) is 3.96. The molecule has 0 aromatic carbocycles. The van der Waals surface area contributed by atoms with Gasteiger partial charge in [-0.05, 0) is 44.7 Å². The van der Waals surface area contributed by atoms with Crippen molar-refractivity contribution in [1.29, 1.82) is 0 Å². The summed E-state index contributed by atoms with van der Waals surface area (Å²) < 4.78 is 10.9. The number of nitrogens with zero attached hydrogens (tertiary/aromatic N) is 2. The van der Waals surface area contributed by atoms with Crippen LogP contribution in [0.25, 0.3) is 0 Å². The summed E-state index contributed by atoms with van der Waals surface area (Å²) >= 11 is 5.30. The van der Waals surface area contributed by atoms with E-state index in [4.69, 9.17) is 20.9 Å². The highest BCUT2D eigenvalue weighted by Gasteiger charge is 2.16. The Morgan fingerprint density at radius 1 is 1.33 bits per heavy atom. The first kappa shape index (κ1) is 15.2. The molecule has 0 radical (unpaired) electrons. The Kier molecular flexibility index (Phi) is 6.43. The van der Waals surface area contributed by atoms with Crippen LogP contribution in [0.3, 0.4) is 0 Å². The second-order valence-corrected chi connectivity index (χ2v) is 6.52. The average Bonchev–Trinajstić information content (AvgIpc) is 2.38.